The van der Waals surface area contributed by atoms with E-state index in [1.54, 1.807) is 49.6 Å². The zero-order chi connectivity index (χ0) is 16.7. The van der Waals surface area contributed by atoms with Crippen LogP contribution in [0.15, 0.2) is 42.5 Å². The number of hydrogen-bond acceptors (Lipinski definition) is 4. The molecule has 0 heterocycles. The molecule has 2 aromatic carbocycles. The first-order chi connectivity index (χ1) is 11.1. The number of nitrogens with one attached hydrogen (secondary N) is 1. The summed E-state index contributed by atoms with van der Waals surface area (Å²) in [7, 11) is 1.55. The summed E-state index contributed by atoms with van der Waals surface area (Å²) < 4.78 is 10.7. The van der Waals surface area contributed by atoms with Gasteiger partial charge in [-0.3, -0.25) is 4.79 Å². The Balaban J connectivity index is 0.00000288. The number of carbonyl (C=O) groups excluding carboxylic acids is 1. The molecule has 1 amide bonds. The molecule has 0 saturated carbocycles. The number of nitrogen functional groups attached to an aromatic ring is 1. The number of nitrogens with two attached hydrogens (primary N) is 1. The van der Waals surface area contributed by atoms with Gasteiger partial charge >= 0.3 is 0 Å². The summed E-state index contributed by atoms with van der Waals surface area (Å²) in [5, 5.41) is 2.81. The van der Waals surface area contributed by atoms with Gasteiger partial charge in [0.05, 0.1) is 19.4 Å². The number of anilines is 2. The molecule has 0 bridgehead atoms. The lowest BCUT2D eigenvalue weighted by Crippen LogP contribution is -2.12. The van der Waals surface area contributed by atoms with Gasteiger partial charge in [-0.25, -0.2) is 0 Å². The highest BCUT2D eigenvalue weighted by Gasteiger charge is 2.08. The minimum atomic E-state index is -0.199. The second kappa shape index (κ2) is 9.67. The maximum Gasteiger partial charge on any atom is 0.255 e. The minimum Gasteiger partial charge on any atom is -0.495 e. The molecule has 2 rings (SSSR count). The van der Waals surface area contributed by atoms with Crippen LogP contribution in [0, 0.1) is 0 Å². The third-order valence-corrected chi connectivity index (χ3v) is 3.37. The van der Waals surface area contributed by atoms with Crippen molar-refractivity contribution in [3.05, 3.63) is 48.0 Å². The summed E-state index contributed by atoms with van der Waals surface area (Å²) in [6.45, 7) is 2.80. The van der Waals surface area contributed by atoms with Crippen LogP contribution in [-0.4, -0.2) is 19.6 Å². The topological polar surface area (TPSA) is 73.6 Å². The van der Waals surface area contributed by atoms with Gasteiger partial charge in [-0.15, -0.1) is 12.4 Å². The van der Waals surface area contributed by atoms with Crippen LogP contribution < -0.4 is 20.5 Å². The molecular formula is C18H23ClN2O3. The van der Waals surface area contributed by atoms with Crippen LogP contribution in [0.4, 0.5) is 11.4 Å². The Morgan fingerprint density at radius 3 is 2.46 bits per heavy atom. The molecule has 2 aromatic rings. The molecule has 0 fully saturated rings. The highest BCUT2D eigenvalue weighted by atomic mass is 35.5. The summed E-state index contributed by atoms with van der Waals surface area (Å²) in [4.78, 5) is 12.2. The quantitative estimate of drug-likeness (QED) is 0.581. The minimum absolute atomic E-state index is 0. The molecule has 0 unspecified atom stereocenters. The maximum atomic E-state index is 12.2. The zero-order valence-corrected chi connectivity index (χ0v) is 14.7. The van der Waals surface area contributed by atoms with E-state index in [4.69, 9.17) is 15.2 Å². The molecule has 0 saturated heterocycles. The molecule has 0 aromatic heterocycles. The van der Waals surface area contributed by atoms with Crippen LogP contribution in [-0.2, 0) is 0 Å². The molecule has 0 atom stereocenters. The molecule has 0 radical (unpaired) electrons. The number of ether oxygens (including phenoxy) is 2. The Hall–Kier alpha value is -2.40. The number of rotatable bonds is 7. The summed E-state index contributed by atoms with van der Waals surface area (Å²) in [5.74, 6) is 1.15. The number of carbonyl (C=O) groups is 1. The van der Waals surface area contributed by atoms with E-state index in [0.29, 0.717) is 29.3 Å². The van der Waals surface area contributed by atoms with Crippen LogP contribution in [0.25, 0.3) is 0 Å². The van der Waals surface area contributed by atoms with Crippen LogP contribution in [0.2, 0.25) is 0 Å². The highest BCUT2D eigenvalue weighted by Crippen LogP contribution is 2.25. The number of methoxy groups -OCH3 is 1. The number of benzene rings is 2. The van der Waals surface area contributed by atoms with Crippen molar-refractivity contribution in [2.75, 3.05) is 24.8 Å². The summed E-state index contributed by atoms with van der Waals surface area (Å²) in [5.41, 5.74) is 7.49. The van der Waals surface area contributed by atoms with E-state index in [1.165, 1.54) is 0 Å². The van der Waals surface area contributed by atoms with Gasteiger partial charge in [0, 0.05) is 11.3 Å². The third kappa shape index (κ3) is 5.35. The average molecular weight is 351 g/mol. The van der Waals surface area contributed by atoms with Crippen molar-refractivity contribution in [1.82, 2.24) is 0 Å². The zero-order valence-electron chi connectivity index (χ0n) is 13.9. The molecule has 0 aliphatic carbocycles. The number of unbranched alkanes of at least 4 members (excludes halogenated alkanes) is 1. The number of hydrogen-bond donors (Lipinski definition) is 2. The van der Waals surface area contributed by atoms with E-state index >= 15 is 0 Å². The van der Waals surface area contributed by atoms with Crippen molar-refractivity contribution in [2.24, 2.45) is 0 Å². The fraction of sp³-hybridized carbons (Fsp3) is 0.278. The average Bonchev–Trinajstić information content (AvgIpc) is 2.56. The Kier molecular flexibility index (Phi) is 7.92. The smallest absolute Gasteiger partial charge is 0.255 e. The van der Waals surface area contributed by atoms with Gasteiger partial charge in [-0.1, -0.05) is 13.3 Å². The van der Waals surface area contributed by atoms with E-state index < -0.39 is 0 Å². The molecule has 6 heteroatoms. The van der Waals surface area contributed by atoms with Crippen molar-refractivity contribution >= 4 is 29.7 Å². The van der Waals surface area contributed by atoms with Gasteiger partial charge in [0.2, 0.25) is 0 Å². The summed E-state index contributed by atoms with van der Waals surface area (Å²) in [6.07, 6.45) is 2.10. The first kappa shape index (κ1) is 19.6. The van der Waals surface area contributed by atoms with Crippen LogP contribution in [0.5, 0.6) is 11.5 Å². The fourth-order valence-electron chi connectivity index (χ4n) is 2.05. The van der Waals surface area contributed by atoms with E-state index in [1.807, 2.05) is 0 Å². The lowest BCUT2D eigenvalue weighted by atomic mass is 10.2. The standard InChI is InChI=1S/C18H22N2O3.ClH/c1-3-4-11-23-15-8-5-13(6-9-15)18(21)20-14-7-10-17(22-2)16(19)12-14;/h5-10,12H,3-4,11,19H2,1-2H3,(H,20,21);1H. The molecular weight excluding hydrogens is 328 g/mol. The second-order valence-electron chi connectivity index (χ2n) is 5.14. The normalized spacial score (nSPS) is 9.75. The van der Waals surface area contributed by atoms with Crippen LogP contribution in [0.3, 0.4) is 0 Å². The van der Waals surface area contributed by atoms with Crippen molar-refractivity contribution in [3.63, 3.8) is 0 Å². The van der Waals surface area contributed by atoms with E-state index in [0.717, 1.165) is 18.6 Å². The summed E-state index contributed by atoms with van der Waals surface area (Å²) >= 11 is 0. The first-order valence-electron chi connectivity index (χ1n) is 7.61. The largest absolute Gasteiger partial charge is 0.495 e. The Morgan fingerprint density at radius 1 is 1.17 bits per heavy atom. The third-order valence-electron chi connectivity index (χ3n) is 3.37. The predicted octanol–water partition coefficient (Wildman–Crippen LogP) is 4.13. The fourth-order valence-corrected chi connectivity index (χ4v) is 2.05. The van der Waals surface area contributed by atoms with Gasteiger partial charge in [0.15, 0.2) is 0 Å². The molecule has 0 aliphatic rings. The van der Waals surface area contributed by atoms with E-state index in [9.17, 15) is 4.79 Å². The van der Waals surface area contributed by atoms with Crippen molar-refractivity contribution in [3.8, 4) is 11.5 Å². The summed E-state index contributed by atoms with van der Waals surface area (Å²) in [6, 6.07) is 12.2. The molecule has 5 nitrogen and oxygen atoms in total. The lowest BCUT2D eigenvalue weighted by Gasteiger charge is -2.09. The maximum absolute atomic E-state index is 12.2. The molecule has 3 N–H and O–H groups in total. The van der Waals surface area contributed by atoms with Crippen LogP contribution >= 0.6 is 12.4 Å². The van der Waals surface area contributed by atoms with Gasteiger partial charge in [0.25, 0.3) is 5.91 Å². The van der Waals surface area contributed by atoms with Gasteiger partial charge in [-0.05, 0) is 48.9 Å². The van der Waals surface area contributed by atoms with Crippen molar-refractivity contribution < 1.29 is 14.3 Å². The molecule has 130 valence electrons. The highest BCUT2D eigenvalue weighted by molar-refractivity contribution is 6.04. The Morgan fingerprint density at radius 2 is 1.88 bits per heavy atom. The first-order valence-corrected chi connectivity index (χ1v) is 7.61. The molecule has 24 heavy (non-hydrogen) atoms. The Labute approximate surface area is 148 Å². The van der Waals surface area contributed by atoms with E-state index in [2.05, 4.69) is 12.2 Å². The van der Waals surface area contributed by atoms with Crippen LogP contribution in [0.1, 0.15) is 30.1 Å². The monoisotopic (exact) mass is 350 g/mol. The van der Waals surface area contributed by atoms with Crippen molar-refractivity contribution in [2.45, 2.75) is 19.8 Å². The van der Waals surface area contributed by atoms with E-state index in [-0.39, 0.29) is 18.3 Å². The number of halogens is 1. The molecule has 0 aliphatic heterocycles. The SMILES string of the molecule is CCCCOc1ccc(C(=O)Nc2ccc(OC)c(N)c2)cc1.Cl. The van der Waals surface area contributed by atoms with Gasteiger partial charge in [0.1, 0.15) is 11.5 Å². The van der Waals surface area contributed by atoms with Gasteiger partial charge < -0.3 is 20.5 Å². The lowest BCUT2D eigenvalue weighted by molar-refractivity contribution is 0.102. The van der Waals surface area contributed by atoms with Crippen molar-refractivity contribution in [1.29, 1.82) is 0 Å². The molecule has 0 spiro atoms. The Bertz CT molecular complexity index is 660. The van der Waals surface area contributed by atoms with Gasteiger partial charge in [-0.2, -0.15) is 0 Å². The second-order valence-corrected chi connectivity index (χ2v) is 5.14. The predicted molar refractivity (Wildman–Crippen MR) is 99.5 cm³/mol. The number of amides is 1.